The number of halogens is 7. The van der Waals surface area contributed by atoms with E-state index in [-0.39, 0.29) is 40.2 Å². The van der Waals surface area contributed by atoms with E-state index in [9.17, 15) is 68.6 Å². The first-order valence-electron chi connectivity index (χ1n) is 17.6. The molecule has 348 valence electrons. The van der Waals surface area contributed by atoms with E-state index < -0.39 is 105 Å². The first-order chi connectivity index (χ1) is 29.5. The van der Waals surface area contributed by atoms with Crippen LogP contribution in [0.15, 0.2) is 70.2 Å². The van der Waals surface area contributed by atoms with Crippen molar-refractivity contribution in [3.8, 4) is 11.5 Å². The van der Waals surface area contributed by atoms with Gasteiger partial charge in [-0.05, 0) is 62.2 Å². The molecule has 4 aromatic rings. The number of esters is 2. The second kappa shape index (κ2) is 21.6. The van der Waals surface area contributed by atoms with Gasteiger partial charge in [0, 0.05) is 29.9 Å². The molecule has 0 aliphatic heterocycles. The topological polar surface area (TPSA) is 289 Å². The first-order valence-corrected chi connectivity index (χ1v) is 21.6. The number of nitro groups is 1. The van der Waals surface area contributed by atoms with Crippen LogP contribution < -0.4 is 10.1 Å². The molecule has 4 N–H and O–H groups in total. The van der Waals surface area contributed by atoms with Gasteiger partial charge in [0.1, 0.15) is 17.1 Å². The van der Waals surface area contributed by atoms with Crippen molar-refractivity contribution in [2.75, 3.05) is 32.3 Å². The van der Waals surface area contributed by atoms with Gasteiger partial charge in [-0.15, -0.1) is 0 Å². The number of carbonyl (C=O) groups excluding carboxylic acids is 3. The van der Waals surface area contributed by atoms with Gasteiger partial charge in [-0.1, -0.05) is 16.8 Å². The van der Waals surface area contributed by atoms with E-state index in [0.29, 0.717) is 24.0 Å². The van der Waals surface area contributed by atoms with Gasteiger partial charge in [0.2, 0.25) is 0 Å². The Hall–Kier alpha value is -5.92. The zero-order chi connectivity index (χ0) is 48.4. The van der Waals surface area contributed by atoms with Crippen LogP contribution in [0.3, 0.4) is 0 Å². The molecule has 0 bridgehead atoms. The highest BCUT2D eigenvalue weighted by molar-refractivity contribution is 7.90. The lowest BCUT2D eigenvalue weighted by atomic mass is 10.0. The third-order valence-electron chi connectivity index (χ3n) is 7.84. The van der Waals surface area contributed by atoms with Crippen LogP contribution in [-0.2, 0) is 45.8 Å². The minimum Gasteiger partial charge on any atom is -0.480 e. The van der Waals surface area contributed by atoms with Crippen molar-refractivity contribution >= 4 is 58.4 Å². The average molecular weight is 976 g/mol. The molecule has 1 aliphatic rings. The van der Waals surface area contributed by atoms with Crippen LogP contribution in [0, 0.1) is 10.1 Å². The van der Waals surface area contributed by atoms with Crippen molar-refractivity contribution in [3.05, 3.63) is 110 Å². The predicted octanol–water partition coefficient (Wildman–Crippen LogP) is 6.78. The number of aliphatic carboxylic acids is 1. The number of carbonyl (C=O) groups is 4. The molecule has 1 aliphatic carbocycles. The highest BCUT2D eigenvalue weighted by Gasteiger charge is 2.36. The lowest BCUT2D eigenvalue weighted by Gasteiger charge is -2.12. The molecular weight excluding hydrogens is 943 g/mol. The second-order valence-corrected chi connectivity index (χ2v) is 16.9. The maximum atomic E-state index is 12.8. The Morgan fingerprint density at radius 2 is 1.56 bits per heavy atom. The third kappa shape index (κ3) is 16.0. The molecule has 0 unspecified atom stereocenters. The SMILES string of the molecule is CCOC(=O)COC(=O)c1cc(Oc2ccc(C(F)(F)F)cc2Cl)ccc1[N+](=O)[O-].CS(=O)(=O)c1cc(C(F)(F)F)ccc1C(=O)c1cnoc1C1CC1.O=C(O)CNCP(=O)(O)O. The van der Waals surface area contributed by atoms with Crippen LogP contribution in [0.25, 0.3) is 0 Å². The summed E-state index contributed by atoms with van der Waals surface area (Å²) in [5.41, 5.74) is -3.53. The molecule has 64 heavy (non-hydrogen) atoms. The summed E-state index contributed by atoms with van der Waals surface area (Å²) in [4.78, 5) is 71.9. The fourth-order valence-electron chi connectivity index (χ4n) is 4.90. The molecule has 0 amide bonds. The van der Waals surface area contributed by atoms with Crippen LogP contribution >= 0.6 is 19.2 Å². The molecule has 0 saturated heterocycles. The standard InChI is InChI=1S/C18H13ClF3NO7.C15H12F3NO4S.C3H8NO5P/c1-2-28-16(24)9-29-17(25)12-8-11(4-5-14(12)23(26)27)30-15-6-3-10(7-13(15)19)18(20,21)22;1-24(21,22)12-6-9(15(16,17)18)4-5-10(12)13(20)11-7-19-23-14(11)8-2-3-8;5-3(6)1-4-2-10(7,8)9/h3-8H,2,9H2,1H3;4-8H,2-3H2,1H3;4H,1-2H2,(H,5,6)(H2,7,8,9). The van der Waals surface area contributed by atoms with Gasteiger partial charge in [-0.2, -0.15) is 26.3 Å². The molecular formula is C36H33ClF6N3O16PS. The zero-order valence-corrected chi connectivity index (χ0v) is 35.1. The van der Waals surface area contributed by atoms with Crippen molar-refractivity contribution in [1.82, 2.24) is 10.5 Å². The maximum Gasteiger partial charge on any atom is 0.416 e. The van der Waals surface area contributed by atoms with E-state index in [1.807, 2.05) is 0 Å². The first kappa shape index (κ1) is 52.4. The lowest BCUT2D eigenvalue weighted by Crippen LogP contribution is -2.23. The number of benzene rings is 3. The van der Waals surface area contributed by atoms with Crippen LogP contribution in [0.1, 0.15) is 68.8 Å². The van der Waals surface area contributed by atoms with Crippen molar-refractivity contribution in [3.63, 3.8) is 0 Å². The summed E-state index contributed by atoms with van der Waals surface area (Å²) >= 11 is 5.81. The number of ketones is 1. The number of rotatable bonds is 15. The molecule has 3 aromatic carbocycles. The smallest absolute Gasteiger partial charge is 0.416 e. The van der Waals surface area contributed by atoms with E-state index in [1.54, 1.807) is 0 Å². The molecule has 1 heterocycles. The molecule has 0 radical (unpaired) electrons. The number of nitrogens with zero attached hydrogens (tertiary/aromatic N) is 2. The number of carboxylic acid groups (broad SMARTS) is 1. The Balaban J connectivity index is 0.000000285. The van der Waals surface area contributed by atoms with Gasteiger partial charge in [-0.3, -0.25) is 29.6 Å². The van der Waals surface area contributed by atoms with Crippen LogP contribution in [0.4, 0.5) is 32.0 Å². The Kier molecular flexibility index (Phi) is 17.7. The van der Waals surface area contributed by atoms with E-state index in [4.69, 9.17) is 40.5 Å². The minimum atomic E-state index is -4.71. The summed E-state index contributed by atoms with van der Waals surface area (Å²) < 4.78 is 130. The van der Waals surface area contributed by atoms with Crippen LogP contribution in [0.5, 0.6) is 11.5 Å². The van der Waals surface area contributed by atoms with E-state index in [2.05, 4.69) is 15.2 Å². The number of nitrogens with one attached hydrogen (secondary N) is 1. The predicted molar refractivity (Wildman–Crippen MR) is 206 cm³/mol. The molecule has 28 heteroatoms. The number of alkyl halides is 6. The number of aromatic nitrogens is 1. The van der Waals surface area contributed by atoms with Gasteiger partial charge in [0.25, 0.3) is 5.69 Å². The van der Waals surface area contributed by atoms with Gasteiger partial charge >= 0.3 is 37.9 Å². The van der Waals surface area contributed by atoms with Crippen molar-refractivity contribution in [2.45, 2.75) is 42.9 Å². The van der Waals surface area contributed by atoms with Gasteiger partial charge < -0.3 is 33.6 Å². The normalized spacial score (nSPS) is 12.7. The van der Waals surface area contributed by atoms with Crippen molar-refractivity contribution in [2.24, 2.45) is 0 Å². The van der Waals surface area contributed by atoms with E-state index in [0.717, 1.165) is 55.5 Å². The maximum absolute atomic E-state index is 12.8. The van der Waals surface area contributed by atoms with Gasteiger partial charge in [0.15, 0.2) is 28.0 Å². The van der Waals surface area contributed by atoms with Gasteiger partial charge in [-0.25, -0.2) is 18.0 Å². The number of hydrogen-bond acceptors (Lipinski definition) is 15. The zero-order valence-electron chi connectivity index (χ0n) is 32.6. The Morgan fingerprint density at radius 3 is 2.08 bits per heavy atom. The van der Waals surface area contributed by atoms with Crippen molar-refractivity contribution < 1.29 is 97.1 Å². The highest BCUT2D eigenvalue weighted by Crippen LogP contribution is 2.43. The summed E-state index contributed by atoms with van der Waals surface area (Å²) in [5, 5.41) is 24.4. The number of sulfone groups is 1. The Morgan fingerprint density at radius 1 is 0.953 bits per heavy atom. The molecule has 19 nitrogen and oxygen atoms in total. The fraction of sp³-hybridized carbons (Fsp3) is 0.306. The number of nitro benzene ring substituents is 1. The number of carboxylic acids is 1. The summed E-state index contributed by atoms with van der Waals surface area (Å²) in [6.45, 7) is 0.385. The van der Waals surface area contributed by atoms with Crippen LogP contribution in [0.2, 0.25) is 5.02 Å². The number of hydrogen-bond donors (Lipinski definition) is 4. The molecule has 1 saturated carbocycles. The monoisotopic (exact) mass is 975 g/mol. The minimum absolute atomic E-state index is 0.0441. The highest BCUT2D eigenvalue weighted by atomic mass is 35.5. The second-order valence-electron chi connectivity index (χ2n) is 12.9. The van der Waals surface area contributed by atoms with E-state index in [1.165, 1.54) is 13.1 Å². The third-order valence-corrected chi connectivity index (χ3v) is 9.90. The fourth-order valence-corrected chi connectivity index (χ4v) is 6.42. The number of ether oxygens (including phenoxy) is 3. The Labute approximate surface area is 361 Å². The average Bonchev–Trinajstić information content (AvgIpc) is 3.91. The van der Waals surface area contributed by atoms with Gasteiger partial charge in [0.05, 0.1) is 57.2 Å². The largest absolute Gasteiger partial charge is 0.480 e. The molecule has 1 aromatic heterocycles. The quantitative estimate of drug-likeness (QED) is 0.0238. The Bertz CT molecular complexity index is 2540. The van der Waals surface area contributed by atoms with Crippen molar-refractivity contribution in [1.29, 1.82) is 0 Å². The summed E-state index contributed by atoms with van der Waals surface area (Å²) in [7, 11) is -8.14. The molecule has 0 spiro atoms. The molecule has 0 atom stereocenters. The molecule has 1 fully saturated rings. The van der Waals surface area contributed by atoms with Crippen LogP contribution in [-0.4, -0.2) is 89.4 Å². The summed E-state index contributed by atoms with van der Waals surface area (Å²) in [6, 6.07) is 7.40. The molecule has 5 rings (SSSR count). The lowest BCUT2D eigenvalue weighted by molar-refractivity contribution is -0.385. The summed E-state index contributed by atoms with van der Waals surface area (Å²) in [5.74, 6) is -3.83. The summed E-state index contributed by atoms with van der Waals surface area (Å²) in [6.07, 6.45) is -6.35. The van der Waals surface area contributed by atoms with E-state index >= 15 is 0 Å².